The average molecular weight is 525 g/mol. The molecule has 1 aliphatic heterocycles. The number of nitrogens with one attached hydrogen (secondary N) is 3. The number of likely N-dealkylation sites (tertiary alicyclic amines) is 1. The standard InChI is InChI=1S/C27H42F2N4O4/c1-18(34)31-14-7-13-27(37,21-11-5-12-22(28)24(21)29)20-10-6-15-33(17-20)26(36)32-23(16-30-2)25(35)19-8-3-4-9-19/h5,11-12,19-20,23,25,30,35,37H,3-4,6-10,13-17H2,1-2H3,(H,31,34)(H,32,36)/t20-,23-,25-,27+/m1/s1. The third-order valence-corrected chi connectivity index (χ3v) is 7.94. The molecule has 3 amide bonds. The first kappa shape index (κ1) is 29.3. The van der Waals surface area contributed by atoms with Crippen molar-refractivity contribution in [2.45, 2.75) is 76.0 Å². The molecule has 2 aliphatic rings. The van der Waals surface area contributed by atoms with Crippen molar-refractivity contribution in [1.29, 1.82) is 0 Å². The number of halogens is 2. The van der Waals surface area contributed by atoms with E-state index in [1.165, 1.54) is 19.1 Å². The van der Waals surface area contributed by atoms with Crippen molar-refractivity contribution < 1.29 is 28.6 Å². The van der Waals surface area contributed by atoms with Gasteiger partial charge in [0.25, 0.3) is 0 Å². The minimum Gasteiger partial charge on any atom is -0.391 e. The summed E-state index contributed by atoms with van der Waals surface area (Å²) in [6, 6.07) is 2.96. The maximum Gasteiger partial charge on any atom is 0.317 e. The van der Waals surface area contributed by atoms with Gasteiger partial charge in [0.05, 0.1) is 17.7 Å². The fraction of sp³-hybridized carbons (Fsp3) is 0.704. The quantitative estimate of drug-likeness (QED) is 0.286. The molecule has 4 atom stereocenters. The van der Waals surface area contributed by atoms with Crippen molar-refractivity contribution in [1.82, 2.24) is 20.9 Å². The smallest absolute Gasteiger partial charge is 0.317 e. The van der Waals surface area contributed by atoms with Gasteiger partial charge in [0.15, 0.2) is 11.6 Å². The Kier molecular flexibility index (Phi) is 10.7. The van der Waals surface area contributed by atoms with Gasteiger partial charge in [0, 0.05) is 44.6 Å². The largest absolute Gasteiger partial charge is 0.391 e. The summed E-state index contributed by atoms with van der Waals surface area (Å²) in [5, 5.41) is 31.4. The summed E-state index contributed by atoms with van der Waals surface area (Å²) >= 11 is 0. The number of hydrogen-bond acceptors (Lipinski definition) is 5. The van der Waals surface area contributed by atoms with E-state index < -0.39 is 35.3 Å². The van der Waals surface area contributed by atoms with E-state index in [1.54, 1.807) is 11.9 Å². The highest BCUT2D eigenvalue weighted by atomic mass is 19.2. The van der Waals surface area contributed by atoms with Gasteiger partial charge in [-0.25, -0.2) is 13.6 Å². The molecule has 1 aromatic carbocycles. The molecule has 0 spiro atoms. The molecule has 1 aromatic rings. The second-order valence-corrected chi connectivity index (χ2v) is 10.5. The third kappa shape index (κ3) is 7.39. The lowest BCUT2D eigenvalue weighted by Gasteiger charge is -2.43. The number of benzene rings is 1. The number of hydrogen-bond donors (Lipinski definition) is 5. The van der Waals surface area contributed by atoms with Crippen LogP contribution < -0.4 is 16.0 Å². The first-order chi connectivity index (χ1) is 17.7. The van der Waals surface area contributed by atoms with E-state index in [0.29, 0.717) is 32.4 Å². The predicted molar refractivity (Wildman–Crippen MR) is 137 cm³/mol. The molecule has 1 saturated carbocycles. The summed E-state index contributed by atoms with van der Waals surface area (Å²) in [5.41, 5.74) is -1.86. The number of carbonyl (C=O) groups excluding carboxylic acids is 2. The zero-order valence-corrected chi connectivity index (χ0v) is 21.9. The minimum absolute atomic E-state index is 0.0938. The molecule has 3 rings (SSSR count). The molecule has 10 heteroatoms. The second-order valence-electron chi connectivity index (χ2n) is 10.5. The Labute approximate surface area is 218 Å². The fourth-order valence-electron chi connectivity index (χ4n) is 5.92. The number of aliphatic hydroxyl groups is 2. The van der Waals surface area contributed by atoms with Crippen LogP contribution in [-0.4, -0.2) is 72.4 Å². The molecule has 37 heavy (non-hydrogen) atoms. The molecule has 208 valence electrons. The summed E-state index contributed by atoms with van der Waals surface area (Å²) in [7, 11) is 1.77. The molecular weight excluding hydrogens is 482 g/mol. The van der Waals surface area contributed by atoms with Crippen LogP contribution in [0, 0.1) is 23.5 Å². The number of nitrogens with zero attached hydrogens (tertiary/aromatic N) is 1. The van der Waals surface area contributed by atoms with Crippen molar-refractivity contribution in [3.8, 4) is 0 Å². The van der Waals surface area contributed by atoms with Crippen molar-refractivity contribution in [3.05, 3.63) is 35.4 Å². The van der Waals surface area contributed by atoms with E-state index in [-0.39, 0.29) is 42.9 Å². The van der Waals surface area contributed by atoms with Gasteiger partial charge in [-0.2, -0.15) is 0 Å². The second kappa shape index (κ2) is 13.5. The Morgan fingerprint density at radius 2 is 1.92 bits per heavy atom. The van der Waals surface area contributed by atoms with Gasteiger partial charge in [0.2, 0.25) is 5.91 Å². The number of urea groups is 1. The summed E-state index contributed by atoms with van der Waals surface area (Å²) in [4.78, 5) is 26.1. The van der Waals surface area contributed by atoms with Crippen LogP contribution in [0.2, 0.25) is 0 Å². The van der Waals surface area contributed by atoms with E-state index in [2.05, 4.69) is 16.0 Å². The van der Waals surface area contributed by atoms with E-state index in [0.717, 1.165) is 31.7 Å². The lowest BCUT2D eigenvalue weighted by atomic mass is 9.74. The highest BCUT2D eigenvalue weighted by molar-refractivity contribution is 5.75. The van der Waals surface area contributed by atoms with Crippen molar-refractivity contribution in [2.24, 2.45) is 11.8 Å². The van der Waals surface area contributed by atoms with E-state index >= 15 is 0 Å². The third-order valence-electron chi connectivity index (χ3n) is 7.94. The van der Waals surface area contributed by atoms with Crippen LogP contribution in [0.15, 0.2) is 18.2 Å². The normalized spacial score (nSPS) is 21.8. The molecule has 1 heterocycles. The molecule has 2 fully saturated rings. The minimum atomic E-state index is -1.72. The Bertz CT molecular complexity index is 914. The monoisotopic (exact) mass is 524 g/mol. The number of amides is 3. The van der Waals surface area contributed by atoms with Gasteiger partial charge in [-0.05, 0) is 57.6 Å². The predicted octanol–water partition coefficient (Wildman–Crippen LogP) is 2.63. The first-order valence-corrected chi connectivity index (χ1v) is 13.5. The first-order valence-electron chi connectivity index (χ1n) is 13.5. The zero-order chi connectivity index (χ0) is 27.0. The van der Waals surface area contributed by atoms with Crippen LogP contribution in [0.1, 0.15) is 63.9 Å². The van der Waals surface area contributed by atoms with Crippen LogP contribution in [0.3, 0.4) is 0 Å². The van der Waals surface area contributed by atoms with Crippen molar-refractivity contribution in [2.75, 3.05) is 33.2 Å². The fourth-order valence-corrected chi connectivity index (χ4v) is 5.92. The topological polar surface area (TPSA) is 114 Å². The van der Waals surface area contributed by atoms with Crippen LogP contribution in [-0.2, 0) is 10.4 Å². The maximum atomic E-state index is 14.9. The van der Waals surface area contributed by atoms with Gasteiger partial charge in [-0.3, -0.25) is 4.79 Å². The van der Waals surface area contributed by atoms with Gasteiger partial charge in [-0.1, -0.05) is 25.0 Å². The van der Waals surface area contributed by atoms with E-state index in [1.807, 2.05) is 0 Å². The summed E-state index contributed by atoms with van der Waals surface area (Å²) < 4.78 is 29.1. The number of rotatable bonds is 11. The summed E-state index contributed by atoms with van der Waals surface area (Å²) in [6.45, 7) is 2.71. The molecule has 0 bridgehead atoms. The SMILES string of the molecule is CNC[C@@H](NC(=O)N1CCC[C@@H]([C@@](O)(CCCNC(C)=O)c2cccc(F)c2F)C1)[C@H](O)C1CCCC1. The molecule has 8 nitrogen and oxygen atoms in total. The molecule has 1 saturated heterocycles. The van der Waals surface area contributed by atoms with Crippen LogP contribution in [0.5, 0.6) is 0 Å². The lowest BCUT2D eigenvalue weighted by molar-refractivity contribution is -0.119. The Balaban J connectivity index is 1.76. The molecular formula is C27H42F2N4O4. The number of likely N-dealkylation sites (N-methyl/N-ethyl adjacent to an activating group) is 1. The Morgan fingerprint density at radius 1 is 1.19 bits per heavy atom. The van der Waals surface area contributed by atoms with Crippen molar-refractivity contribution in [3.63, 3.8) is 0 Å². The molecule has 0 aromatic heterocycles. The summed E-state index contributed by atoms with van der Waals surface area (Å²) in [6.07, 6.45) is 4.93. The lowest BCUT2D eigenvalue weighted by Crippen LogP contribution is -2.57. The van der Waals surface area contributed by atoms with Gasteiger partial charge in [-0.15, -0.1) is 0 Å². The van der Waals surface area contributed by atoms with Gasteiger partial charge in [0.1, 0.15) is 0 Å². The Hall–Kier alpha value is -2.30. The zero-order valence-electron chi connectivity index (χ0n) is 21.9. The van der Waals surface area contributed by atoms with Crippen molar-refractivity contribution >= 4 is 11.9 Å². The van der Waals surface area contributed by atoms with Crippen LogP contribution in [0.4, 0.5) is 13.6 Å². The average Bonchev–Trinajstić information content (AvgIpc) is 3.42. The molecule has 5 N–H and O–H groups in total. The molecule has 0 radical (unpaired) electrons. The van der Waals surface area contributed by atoms with Gasteiger partial charge < -0.3 is 31.1 Å². The van der Waals surface area contributed by atoms with Crippen LogP contribution >= 0.6 is 0 Å². The van der Waals surface area contributed by atoms with E-state index in [4.69, 9.17) is 0 Å². The molecule has 1 aliphatic carbocycles. The number of aliphatic hydroxyl groups excluding tert-OH is 1. The van der Waals surface area contributed by atoms with Crippen LogP contribution in [0.25, 0.3) is 0 Å². The Morgan fingerprint density at radius 3 is 2.59 bits per heavy atom. The summed E-state index contributed by atoms with van der Waals surface area (Å²) in [5.74, 6) is -2.74. The maximum absolute atomic E-state index is 14.9. The number of carbonyl (C=O) groups is 2. The number of piperidine rings is 1. The highest BCUT2D eigenvalue weighted by Gasteiger charge is 2.43. The van der Waals surface area contributed by atoms with E-state index in [9.17, 15) is 28.6 Å². The highest BCUT2D eigenvalue weighted by Crippen LogP contribution is 2.41. The molecule has 0 unspecified atom stereocenters. The van der Waals surface area contributed by atoms with Gasteiger partial charge >= 0.3 is 6.03 Å².